The van der Waals surface area contributed by atoms with Crippen molar-refractivity contribution >= 4 is 0 Å². The van der Waals surface area contributed by atoms with Crippen LogP contribution in [0.3, 0.4) is 0 Å². The zero-order valence-corrected chi connectivity index (χ0v) is 16.1. The first-order valence-corrected chi connectivity index (χ1v) is 10.7. The van der Waals surface area contributed by atoms with Crippen molar-refractivity contribution in [3.8, 4) is 0 Å². The summed E-state index contributed by atoms with van der Waals surface area (Å²) in [5.74, 6) is 1.51. The number of hydrogen-bond acceptors (Lipinski definition) is 2. The number of fused-ring (bicyclic) bond motifs is 4. The van der Waals surface area contributed by atoms with Crippen molar-refractivity contribution in [2.75, 3.05) is 6.67 Å². The maximum atomic E-state index is 2.75. The number of rotatable bonds is 2. The van der Waals surface area contributed by atoms with Gasteiger partial charge in [0.05, 0.1) is 6.67 Å². The predicted molar refractivity (Wildman–Crippen MR) is 104 cm³/mol. The fourth-order valence-corrected chi connectivity index (χ4v) is 7.00. The molecule has 0 aromatic heterocycles. The zero-order valence-electron chi connectivity index (χ0n) is 16.1. The first kappa shape index (κ1) is 16.0. The lowest BCUT2D eigenvalue weighted by atomic mass is 9.68. The minimum atomic E-state index is 0.414. The van der Waals surface area contributed by atoms with Gasteiger partial charge in [0.25, 0.3) is 0 Å². The van der Waals surface area contributed by atoms with Gasteiger partial charge in [0, 0.05) is 23.5 Å². The molecule has 5 rings (SSSR count). The summed E-state index contributed by atoms with van der Waals surface area (Å²) in [6.45, 7) is 5.99. The molecule has 1 aliphatic heterocycles. The molecule has 4 aliphatic carbocycles. The van der Waals surface area contributed by atoms with E-state index in [0.29, 0.717) is 11.1 Å². The third-order valence-electron chi connectivity index (χ3n) is 7.79. The second-order valence-electron chi connectivity index (χ2n) is 9.90. The van der Waals surface area contributed by atoms with Gasteiger partial charge < -0.3 is 9.80 Å². The average Bonchev–Trinajstić information content (AvgIpc) is 3.05. The summed E-state index contributed by atoms with van der Waals surface area (Å²) in [5.41, 5.74) is 4.31. The minimum absolute atomic E-state index is 0.414. The van der Waals surface area contributed by atoms with Gasteiger partial charge in [-0.05, 0) is 76.0 Å². The Labute approximate surface area is 153 Å². The number of nitrogens with zero attached hydrogens (tertiary/aromatic N) is 2. The molecule has 4 atom stereocenters. The lowest BCUT2D eigenvalue weighted by molar-refractivity contribution is 0.0154. The fourth-order valence-electron chi connectivity index (χ4n) is 7.00. The van der Waals surface area contributed by atoms with Gasteiger partial charge >= 0.3 is 0 Å². The van der Waals surface area contributed by atoms with Crippen LogP contribution in [-0.4, -0.2) is 27.5 Å². The maximum Gasteiger partial charge on any atom is 0.0904 e. The normalized spacial score (nSPS) is 43.1. The quantitative estimate of drug-likeness (QED) is 0.606. The van der Waals surface area contributed by atoms with Crippen LogP contribution in [0, 0.1) is 11.8 Å². The Morgan fingerprint density at radius 3 is 1.76 bits per heavy atom. The van der Waals surface area contributed by atoms with Crippen molar-refractivity contribution in [1.82, 2.24) is 9.80 Å². The average molecular weight is 339 g/mol. The van der Waals surface area contributed by atoms with Crippen LogP contribution >= 0.6 is 0 Å². The molecule has 0 saturated heterocycles. The topological polar surface area (TPSA) is 6.48 Å². The largest absolute Gasteiger partial charge is 0.353 e. The minimum Gasteiger partial charge on any atom is -0.353 e. The van der Waals surface area contributed by atoms with E-state index in [0.717, 1.165) is 18.5 Å². The number of hydrogen-bond donors (Lipinski definition) is 0. The lowest BCUT2D eigenvalue weighted by Crippen LogP contribution is -2.55. The molecular formula is C23H34N2. The van der Waals surface area contributed by atoms with Crippen molar-refractivity contribution in [3.63, 3.8) is 0 Å². The molecule has 0 aromatic carbocycles. The van der Waals surface area contributed by atoms with E-state index in [9.17, 15) is 0 Å². The molecule has 0 aromatic rings. The third kappa shape index (κ3) is 2.59. The van der Waals surface area contributed by atoms with Gasteiger partial charge in [0.1, 0.15) is 0 Å². The molecule has 0 spiro atoms. The van der Waals surface area contributed by atoms with Crippen LogP contribution in [-0.2, 0) is 0 Å². The van der Waals surface area contributed by atoms with E-state index < -0.39 is 0 Å². The molecule has 2 fully saturated rings. The van der Waals surface area contributed by atoms with Gasteiger partial charge in [-0.3, -0.25) is 0 Å². The Morgan fingerprint density at radius 1 is 0.800 bits per heavy atom. The SMILES string of the molecule is CC1C=C2CCCC(N3C=CN(C45CCCC(=CC(C)C4)C5)C3)(C2)C1. The summed E-state index contributed by atoms with van der Waals surface area (Å²) in [6, 6.07) is 0. The van der Waals surface area contributed by atoms with Crippen molar-refractivity contribution in [2.45, 2.75) is 89.1 Å². The summed E-state index contributed by atoms with van der Waals surface area (Å²) < 4.78 is 0. The van der Waals surface area contributed by atoms with E-state index in [1.807, 2.05) is 0 Å². The van der Waals surface area contributed by atoms with Crippen LogP contribution in [0.25, 0.3) is 0 Å². The van der Waals surface area contributed by atoms with E-state index in [1.54, 1.807) is 11.1 Å². The van der Waals surface area contributed by atoms with Gasteiger partial charge in [0.15, 0.2) is 0 Å². The van der Waals surface area contributed by atoms with Crippen LogP contribution in [0.5, 0.6) is 0 Å². The van der Waals surface area contributed by atoms with Gasteiger partial charge in [-0.15, -0.1) is 0 Å². The van der Waals surface area contributed by atoms with E-state index in [4.69, 9.17) is 0 Å². The molecule has 4 bridgehead atoms. The molecule has 2 heteroatoms. The van der Waals surface area contributed by atoms with Crippen molar-refractivity contribution in [3.05, 3.63) is 35.7 Å². The van der Waals surface area contributed by atoms with Crippen LogP contribution in [0.15, 0.2) is 35.7 Å². The highest BCUT2D eigenvalue weighted by atomic mass is 15.4. The smallest absolute Gasteiger partial charge is 0.0904 e. The van der Waals surface area contributed by atoms with Crippen LogP contribution in [0.2, 0.25) is 0 Å². The van der Waals surface area contributed by atoms with E-state index in [1.165, 1.54) is 64.2 Å². The van der Waals surface area contributed by atoms with Crippen molar-refractivity contribution < 1.29 is 0 Å². The molecule has 2 saturated carbocycles. The molecule has 2 nitrogen and oxygen atoms in total. The number of allylic oxidation sites excluding steroid dienone is 2. The standard InChI is InChI=1S/C23H34N2/c1-18-11-20-5-3-7-22(13-18,15-20)24-9-10-25(17-24)23-8-4-6-21(16-23)12-19(2)14-23/h9-12,18-19H,3-8,13-17H2,1-2H3. The first-order chi connectivity index (χ1) is 12.1. The van der Waals surface area contributed by atoms with Gasteiger partial charge in [-0.2, -0.15) is 0 Å². The fraction of sp³-hybridized carbons (Fsp3) is 0.739. The Balaban J connectivity index is 1.38. The van der Waals surface area contributed by atoms with E-state index >= 15 is 0 Å². The molecule has 25 heavy (non-hydrogen) atoms. The van der Waals surface area contributed by atoms with Gasteiger partial charge in [0.2, 0.25) is 0 Å². The third-order valence-corrected chi connectivity index (χ3v) is 7.79. The Morgan fingerprint density at radius 2 is 1.28 bits per heavy atom. The van der Waals surface area contributed by atoms with E-state index in [-0.39, 0.29) is 0 Å². The molecule has 1 heterocycles. The molecular weight excluding hydrogens is 304 g/mol. The van der Waals surface area contributed by atoms with Crippen molar-refractivity contribution in [1.29, 1.82) is 0 Å². The predicted octanol–water partition coefficient (Wildman–Crippen LogP) is 5.59. The molecule has 0 N–H and O–H groups in total. The van der Waals surface area contributed by atoms with Crippen molar-refractivity contribution in [2.24, 2.45) is 11.8 Å². The van der Waals surface area contributed by atoms with Gasteiger partial charge in [-0.1, -0.05) is 37.1 Å². The first-order valence-electron chi connectivity index (χ1n) is 10.7. The second-order valence-corrected chi connectivity index (χ2v) is 9.90. The molecule has 5 aliphatic rings. The molecule has 0 amide bonds. The highest BCUT2D eigenvalue weighted by Crippen LogP contribution is 2.50. The maximum absolute atomic E-state index is 2.75. The molecule has 4 unspecified atom stereocenters. The van der Waals surface area contributed by atoms with E-state index in [2.05, 4.69) is 48.2 Å². The van der Waals surface area contributed by atoms with Crippen LogP contribution in [0.1, 0.15) is 78.1 Å². The van der Waals surface area contributed by atoms with Crippen LogP contribution < -0.4 is 0 Å². The molecule has 0 radical (unpaired) electrons. The highest BCUT2D eigenvalue weighted by molar-refractivity contribution is 5.24. The highest BCUT2D eigenvalue weighted by Gasteiger charge is 2.47. The summed E-state index contributed by atoms with van der Waals surface area (Å²) in [7, 11) is 0. The Kier molecular flexibility index (Phi) is 3.63. The summed E-state index contributed by atoms with van der Waals surface area (Å²) in [6.07, 6.45) is 23.7. The summed E-state index contributed by atoms with van der Waals surface area (Å²) in [4.78, 5) is 5.50. The molecule has 136 valence electrons. The Bertz CT molecular complexity index is 590. The zero-order chi connectivity index (χ0) is 17.1. The Hall–Kier alpha value is -1.18. The summed E-state index contributed by atoms with van der Waals surface area (Å²) >= 11 is 0. The lowest BCUT2D eigenvalue weighted by Gasteiger charge is -2.53. The van der Waals surface area contributed by atoms with Crippen LogP contribution in [0.4, 0.5) is 0 Å². The monoisotopic (exact) mass is 338 g/mol. The second kappa shape index (κ2) is 5.66. The summed E-state index contributed by atoms with van der Waals surface area (Å²) in [5, 5.41) is 0. The van der Waals surface area contributed by atoms with Gasteiger partial charge in [-0.25, -0.2) is 0 Å².